The highest BCUT2D eigenvalue weighted by Crippen LogP contribution is 2.18. The molecule has 0 saturated heterocycles. The van der Waals surface area contributed by atoms with Gasteiger partial charge in [0, 0.05) is 25.0 Å². The van der Waals surface area contributed by atoms with E-state index < -0.39 is 0 Å². The first-order valence-corrected chi connectivity index (χ1v) is 5.63. The van der Waals surface area contributed by atoms with E-state index in [0.29, 0.717) is 12.1 Å². The van der Waals surface area contributed by atoms with Gasteiger partial charge in [-0.05, 0) is 25.8 Å². The Bertz CT molecular complexity index is 337. The van der Waals surface area contributed by atoms with Gasteiger partial charge in [-0.25, -0.2) is 9.97 Å². The van der Waals surface area contributed by atoms with Crippen LogP contribution in [0.3, 0.4) is 0 Å². The maximum absolute atomic E-state index is 11.5. The quantitative estimate of drug-likeness (QED) is 0.679. The molecule has 5 nitrogen and oxygen atoms in total. The van der Waals surface area contributed by atoms with Crippen LogP contribution in [0.4, 0.5) is 0 Å². The molecular weight excluding hydrogens is 204 g/mol. The fraction of sp³-hybridized carbons (Fsp3) is 0.545. The van der Waals surface area contributed by atoms with Crippen molar-refractivity contribution in [2.75, 3.05) is 13.1 Å². The average molecular weight is 220 g/mol. The minimum Gasteiger partial charge on any atom is -0.352 e. The largest absolute Gasteiger partial charge is 0.352 e. The highest BCUT2D eigenvalue weighted by molar-refractivity contribution is 5.93. The molecule has 1 aromatic heterocycles. The number of rotatable bonds is 6. The molecule has 1 aliphatic rings. The van der Waals surface area contributed by atoms with Crippen molar-refractivity contribution >= 4 is 5.91 Å². The van der Waals surface area contributed by atoms with Crippen molar-refractivity contribution in [3.05, 3.63) is 24.3 Å². The topological polar surface area (TPSA) is 66.9 Å². The molecule has 86 valence electrons. The molecule has 0 atom stereocenters. The van der Waals surface area contributed by atoms with Gasteiger partial charge in [-0.1, -0.05) is 0 Å². The van der Waals surface area contributed by atoms with E-state index in [9.17, 15) is 4.79 Å². The number of nitrogens with one attached hydrogen (secondary N) is 2. The lowest BCUT2D eigenvalue weighted by atomic mass is 10.3. The fourth-order valence-electron chi connectivity index (χ4n) is 1.40. The predicted octanol–water partition coefficient (Wildman–Crippen LogP) is 0.348. The minimum atomic E-state index is -0.105. The van der Waals surface area contributed by atoms with E-state index in [1.807, 2.05) is 0 Å². The molecule has 5 heteroatoms. The summed E-state index contributed by atoms with van der Waals surface area (Å²) < 4.78 is 0. The summed E-state index contributed by atoms with van der Waals surface area (Å²) in [6.45, 7) is 1.66. The summed E-state index contributed by atoms with van der Waals surface area (Å²) in [5.74, 6) is -0.105. The molecule has 0 spiro atoms. The van der Waals surface area contributed by atoms with E-state index in [-0.39, 0.29) is 5.91 Å². The number of aromatic nitrogens is 2. The van der Waals surface area contributed by atoms with E-state index in [2.05, 4.69) is 20.6 Å². The van der Waals surface area contributed by atoms with Gasteiger partial charge in [0.15, 0.2) is 0 Å². The first kappa shape index (κ1) is 11.0. The summed E-state index contributed by atoms with van der Waals surface area (Å²) in [6.07, 6.45) is 8.00. The minimum absolute atomic E-state index is 0.105. The number of nitrogens with zero attached hydrogens (tertiary/aromatic N) is 2. The molecule has 2 N–H and O–H groups in total. The molecule has 1 saturated carbocycles. The van der Waals surface area contributed by atoms with Crippen molar-refractivity contribution in [2.45, 2.75) is 25.3 Å². The second-order valence-corrected chi connectivity index (χ2v) is 3.97. The number of carbonyl (C=O) groups is 1. The first-order valence-electron chi connectivity index (χ1n) is 5.63. The smallest absolute Gasteiger partial charge is 0.254 e. The van der Waals surface area contributed by atoms with Crippen molar-refractivity contribution in [3.63, 3.8) is 0 Å². The summed E-state index contributed by atoms with van der Waals surface area (Å²) in [5.41, 5.74) is 0.512. The van der Waals surface area contributed by atoms with E-state index >= 15 is 0 Å². The standard InChI is InChI=1S/C11H16N4O/c16-11(9-6-12-8-13-7-9)15-5-1-4-14-10-2-3-10/h6-8,10,14H,1-5H2,(H,15,16). The SMILES string of the molecule is O=C(NCCCNC1CC1)c1cncnc1. The maximum Gasteiger partial charge on any atom is 0.254 e. The third kappa shape index (κ3) is 3.58. The summed E-state index contributed by atoms with van der Waals surface area (Å²) in [4.78, 5) is 19.1. The molecule has 16 heavy (non-hydrogen) atoms. The summed E-state index contributed by atoms with van der Waals surface area (Å²) in [6, 6.07) is 0.734. The molecular formula is C11H16N4O. The van der Waals surface area contributed by atoms with Crippen LogP contribution in [-0.2, 0) is 0 Å². The third-order valence-corrected chi connectivity index (χ3v) is 2.47. The summed E-state index contributed by atoms with van der Waals surface area (Å²) >= 11 is 0. The van der Waals surface area contributed by atoms with Crippen molar-refractivity contribution in [2.24, 2.45) is 0 Å². The second kappa shape index (κ2) is 5.55. The second-order valence-electron chi connectivity index (χ2n) is 3.97. The van der Waals surface area contributed by atoms with Crippen LogP contribution in [0.5, 0.6) is 0 Å². The monoisotopic (exact) mass is 220 g/mol. The normalized spacial score (nSPS) is 14.8. The van der Waals surface area contributed by atoms with Gasteiger partial charge in [0.25, 0.3) is 5.91 Å². The van der Waals surface area contributed by atoms with Gasteiger partial charge in [-0.3, -0.25) is 4.79 Å². The van der Waals surface area contributed by atoms with Gasteiger partial charge in [0.05, 0.1) is 5.56 Å². The Morgan fingerprint density at radius 3 is 2.75 bits per heavy atom. The third-order valence-electron chi connectivity index (χ3n) is 2.47. The van der Waals surface area contributed by atoms with Crippen LogP contribution in [-0.4, -0.2) is 35.0 Å². The number of amides is 1. The molecule has 0 aromatic carbocycles. The van der Waals surface area contributed by atoms with Gasteiger partial charge in [-0.2, -0.15) is 0 Å². The van der Waals surface area contributed by atoms with Crippen LogP contribution in [0.2, 0.25) is 0 Å². The Morgan fingerprint density at radius 1 is 1.31 bits per heavy atom. The van der Waals surface area contributed by atoms with Gasteiger partial charge < -0.3 is 10.6 Å². The van der Waals surface area contributed by atoms with E-state index in [4.69, 9.17) is 0 Å². The van der Waals surface area contributed by atoms with Crippen LogP contribution in [0.25, 0.3) is 0 Å². The Hall–Kier alpha value is -1.49. The first-order chi connectivity index (χ1) is 7.86. The van der Waals surface area contributed by atoms with Crippen LogP contribution in [0, 0.1) is 0 Å². The molecule has 1 aliphatic carbocycles. The fourth-order valence-corrected chi connectivity index (χ4v) is 1.40. The lowest BCUT2D eigenvalue weighted by molar-refractivity contribution is 0.0952. The van der Waals surface area contributed by atoms with Crippen molar-refractivity contribution in [3.8, 4) is 0 Å². The number of hydrogen-bond donors (Lipinski definition) is 2. The molecule has 0 radical (unpaired) electrons. The van der Waals surface area contributed by atoms with Crippen LogP contribution in [0.15, 0.2) is 18.7 Å². The van der Waals surface area contributed by atoms with E-state index in [0.717, 1.165) is 19.0 Å². The lowest BCUT2D eigenvalue weighted by Gasteiger charge is -2.05. The zero-order valence-corrected chi connectivity index (χ0v) is 9.15. The van der Waals surface area contributed by atoms with Crippen molar-refractivity contribution in [1.29, 1.82) is 0 Å². The molecule has 1 heterocycles. The number of hydrogen-bond acceptors (Lipinski definition) is 4. The van der Waals surface area contributed by atoms with E-state index in [1.54, 1.807) is 0 Å². The predicted molar refractivity (Wildman–Crippen MR) is 60.0 cm³/mol. The molecule has 2 rings (SSSR count). The molecule has 1 amide bonds. The highest BCUT2D eigenvalue weighted by Gasteiger charge is 2.19. The van der Waals surface area contributed by atoms with Crippen LogP contribution in [0.1, 0.15) is 29.6 Å². The molecule has 0 aliphatic heterocycles. The Labute approximate surface area is 94.7 Å². The lowest BCUT2D eigenvalue weighted by Crippen LogP contribution is -2.28. The summed E-state index contributed by atoms with van der Waals surface area (Å²) in [7, 11) is 0. The molecule has 0 bridgehead atoms. The number of carbonyl (C=O) groups excluding carboxylic acids is 1. The van der Waals surface area contributed by atoms with Gasteiger partial charge in [0.1, 0.15) is 6.33 Å². The molecule has 0 unspecified atom stereocenters. The Balaban J connectivity index is 1.60. The molecule has 1 fully saturated rings. The Morgan fingerprint density at radius 2 is 2.06 bits per heavy atom. The van der Waals surface area contributed by atoms with Gasteiger partial charge in [-0.15, -0.1) is 0 Å². The van der Waals surface area contributed by atoms with E-state index in [1.165, 1.54) is 31.6 Å². The van der Waals surface area contributed by atoms with Gasteiger partial charge >= 0.3 is 0 Å². The maximum atomic E-state index is 11.5. The van der Waals surface area contributed by atoms with Crippen LogP contribution < -0.4 is 10.6 Å². The van der Waals surface area contributed by atoms with Crippen molar-refractivity contribution < 1.29 is 4.79 Å². The van der Waals surface area contributed by atoms with Gasteiger partial charge in [0.2, 0.25) is 0 Å². The summed E-state index contributed by atoms with van der Waals surface area (Å²) in [5, 5.41) is 6.23. The highest BCUT2D eigenvalue weighted by atomic mass is 16.1. The zero-order valence-electron chi connectivity index (χ0n) is 9.15. The average Bonchev–Trinajstić information content (AvgIpc) is 3.13. The van der Waals surface area contributed by atoms with Crippen molar-refractivity contribution in [1.82, 2.24) is 20.6 Å². The molecule has 1 aromatic rings. The van der Waals surface area contributed by atoms with Crippen LogP contribution >= 0.6 is 0 Å². The zero-order chi connectivity index (χ0) is 11.2. The Kier molecular flexibility index (Phi) is 3.82.